The van der Waals surface area contributed by atoms with Gasteiger partial charge >= 0.3 is 6.09 Å². The molecule has 0 saturated carbocycles. The van der Waals surface area contributed by atoms with Crippen LogP contribution in [-0.2, 0) is 11.3 Å². The summed E-state index contributed by atoms with van der Waals surface area (Å²) in [6, 6.07) is 8.34. The van der Waals surface area contributed by atoms with Crippen LogP contribution < -0.4 is 16.0 Å². The quantitative estimate of drug-likeness (QED) is 0.470. The molecule has 156 valence electrons. The highest BCUT2D eigenvalue weighted by molar-refractivity contribution is 5.84. The number of hydrogen-bond donors (Lipinski definition) is 3. The molecule has 1 aliphatic heterocycles. The Kier molecular flexibility index (Phi) is 9.62. The number of amides is 1. The Labute approximate surface area is 168 Å². The third-order valence-electron chi connectivity index (χ3n) is 5.06. The van der Waals surface area contributed by atoms with E-state index in [0.717, 1.165) is 37.2 Å². The highest BCUT2D eigenvalue weighted by atomic mass is 16.5. The van der Waals surface area contributed by atoms with Gasteiger partial charge in [0.15, 0.2) is 5.96 Å². The molecule has 1 aromatic carbocycles. The first-order valence-electron chi connectivity index (χ1n) is 10.4. The summed E-state index contributed by atoms with van der Waals surface area (Å²) in [5.74, 6) is 0.837. The van der Waals surface area contributed by atoms with Crippen LogP contribution in [0.5, 0.6) is 0 Å². The van der Waals surface area contributed by atoms with Gasteiger partial charge in [0.05, 0.1) is 13.7 Å². The molecule has 1 heterocycles. The number of methoxy groups -OCH3 is 1. The lowest BCUT2D eigenvalue weighted by molar-refractivity contribution is 0.147. The van der Waals surface area contributed by atoms with Crippen LogP contribution in [0.1, 0.15) is 45.1 Å². The maximum Gasteiger partial charge on any atom is 0.411 e. The number of aliphatic imine (C=N–C) groups is 1. The number of piperidine rings is 1. The molecule has 0 spiro atoms. The number of guanidine groups is 1. The van der Waals surface area contributed by atoms with Crippen LogP contribution in [0.2, 0.25) is 0 Å². The predicted molar refractivity (Wildman–Crippen MR) is 115 cm³/mol. The first-order valence-corrected chi connectivity index (χ1v) is 10.4. The number of ether oxygens (including phenoxy) is 1. The van der Waals surface area contributed by atoms with Crippen molar-refractivity contribution >= 4 is 17.7 Å². The lowest BCUT2D eigenvalue weighted by Crippen LogP contribution is -2.45. The van der Waals surface area contributed by atoms with Gasteiger partial charge in [0.2, 0.25) is 0 Å². The second-order valence-corrected chi connectivity index (χ2v) is 7.03. The molecule has 1 aliphatic rings. The van der Waals surface area contributed by atoms with Gasteiger partial charge in [0.1, 0.15) is 0 Å². The zero-order valence-corrected chi connectivity index (χ0v) is 17.5. The van der Waals surface area contributed by atoms with Crippen molar-refractivity contribution < 1.29 is 9.53 Å². The topological polar surface area (TPSA) is 78.0 Å². The van der Waals surface area contributed by atoms with E-state index in [1.54, 1.807) is 0 Å². The third kappa shape index (κ3) is 7.38. The molecular weight excluding hydrogens is 354 g/mol. The fourth-order valence-electron chi connectivity index (χ4n) is 3.51. The lowest BCUT2D eigenvalue weighted by Gasteiger charge is -2.35. The predicted octanol–water partition coefficient (Wildman–Crippen LogP) is 3.18. The summed E-state index contributed by atoms with van der Waals surface area (Å²) in [5.41, 5.74) is 1.78. The molecule has 3 N–H and O–H groups in total. The summed E-state index contributed by atoms with van der Waals surface area (Å²) in [6.07, 6.45) is 4.76. The van der Waals surface area contributed by atoms with E-state index in [1.807, 2.05) is 24.3 Å². The summed E-state index contributed by atoms with van der Waals surface area (Å²) < 4.78 is 4.59. The number of carbonyl (C=O) groups is 1. The zero-order valence-electron chi connectivity index (χ0n) is 17.5. The van der Waals surface area contributed by atoms with E-state index in [9.17, 15) is 4.79 Å². The highest BCUT2D eigenvalue weighted by Crippen LogP contribution is 2.18. The number of nitrogens with one attached hydrogen (secondary N) is 3. The number of hydrogen-bond acceptors (Lipinski definition) is 4. The summed E-state index contributed by atoms with van der Waals surface area (Å²) in [7, 11) is 1.35. The van der Waals surface area contributed by atoms with Crippen molar-refractivity contribution in [2.45, 2.75) is 52.1 Å². The van der Waals surface area contributed by atoms with Crippen molar-refractivity contribution in [3.05, 3.63) is 29.8 Å². The SMILES string of the molecule is CCNC(=NCc1ccc(NC(=O)OC)cc1)NCCN1CCCCC1CC. The number of anilines is 1. The maximum absolute atomic E-state index is 11.2. The fraction of sp³-hybridized carbons (Fsp3) is 0.619. The first kappa shape index (κ1) is 22.0. The molecule has 28 heavy (non-hydrogen) atoms. The molecule has 0 aliphatic carbocycles. The Morgan fingerprint density at radius 3 is 2.68 bits per heavy atom. The first-order chi connectivity index (χ1) is 13.7. The summed E-state index contributed by atoms with van der Waals surface area (Å²) >= 11 is 0. The zero-order chi connectivity index (χ0) is 20.2. The maximum atomic E-state index is 11.2. The van der Waals surface area contributed by atoms with Gasteiger partial charge < -0.3 is 15.4 Å². The lowest BCUT2D eigenvalue weighted by atomic mass is 10.0. The van der Waals surface area contributed by atoms with Gasteiger partial charge in [-0.3, -0.25) is 10.2 Å². The van der Waals surface area contributed by atoms with E-state index in [-0.39, 0.29) is 0 Å². The minimum Gasteiger partial charge on any atom is -0.453 e. The molecule has 7 heteroatoms. The minimum absolute atomic E-state index is 0.469. The van der Waals surface area contributed by atoms with Gasteiger partial charge in [0, 0.05) is 31.4 Å². The molecule has 1 saturated heterocycles. The normalized spacial score (nSPS) is 17.8. The van der Waals surface area contributed by atoms with E-state index in [4.69, 9.17) is 0 Å². The minimum atomic E-state index is -0.469. The Morgan fingerprint density at radius 2 is 2.00 bits per heavy atom. The van der Waals surface area contributed by atoms with Crippen LogP contribution in [0.25, 0.3) is 0 Å². The molecule has 1 atom stereocenters. The van der Waals surface area contributed by atoms with Gasteiger partial charge in [-0.2, -0.15) is 0 Å². The van der Waals surface area contributed by atoms with Crippen molar-refractivity contribution in [1.29, 1.82) is 0 Å². The van der Waals surface area contributed by atoms with Crippen LogP contribution in [0.4, 0.5) is 10.5 Å². The second kappa shape index (κ2) is 12.2. The van der Waals surface area contributed by atoms with E-state index in [2.05, 4.69) is 44.4 Å². The van der Waals surface area contributed by atoms with E-state index < -0.39 is 6.09 Å². The van der Waals surface area contributed by atoms with Crippen molar-refractivity contribution in [2.75, 3.05) is 38.6 Å². The average Bonchev–Trinajstić information content (AvgIpc) is 2.73. The van der Waals surface area contributed by atoms with Crippen molar-refractivity contribution in [1.82, 2.24) is 15.5 Å². The molecule has 0 aromatic heterocycles. The highest BCUT2D eigenvalue weighted by Gasteiger charge is 2.19. The summed E-state index contributed by atoms with van der Waals surface area (Å²) in [5, 5.41) is 9.40. The number of nitrogens with zero attached hydrogens (tertiary/aromatic N) is 2. The smallest absolute Gasteiger partial charge is 0.411 e. The summed E-state index contributed by atoms with van der Waals surface area (Å²) in [6.45, 7) is 8.92. The molecule has 7 nitrogen and oxygen atoms in total. The molecule has 1 fully saturated rings. The van der Waals surface area contributed by atoms with Crippen LogP contribution in [0, 0.1) is 0 Å². The Morgan fingerprint density at radius 1 is 1.21 bits per heavy atom. The Balaban J connectivity index is 1.83. The van der Waals surface area contributed by atoms with Crippen LogP contribution >= 0.6 is 0 Å². The molecule has 0 radical (unpaired) electrons. The van der Waals surface area contributed by atoms with Crippen molar-refractivity contribution in [2.24, 2.45) is 4.99 Å². The van der Waals surface area contributed by atoms with Crippen LogP contribution in [-0.4, -0.2) is 56.3 Å². The van der Waals surface area contributed by atoms with E-state index in [0.29, 0.717) is 12.2 Å². The Hall–Kier alpha value is -2.28. The number of benzene rings is 1. The molecule has 1 aromatic rings. The molecule has 1 amide bonds. The molecule has 2 rings (SSSR count). The monoisotopic (exact) mass is 389 g/mol. The Bertz CT molecular complexity index is 618. The van der Waals surface area contributed by atoms with Gasteiger partial charge in [-0.05, 0) is 50.4 Å². The largest absolute Gasteiger partial charge is 0.453 e. The van der Waals surface area contributed by atoms with Crippen LogP contribution in [0.15, 0.2) is 29.3 Å². The second-order valence-electron chi connectivity index (χ2n) is 7.03. The third-order valence-corrected chi connectivity index (χ3v) is 5.06. The molecular formula is C21H35N5O2. The molecule has 0 bridgehead atoms. The van der Waals surface area contributed by atoms with Crippen LogP contribution in [0.3, 0.4) is 0 Å². The van der Waals surface area contributed by atoms with E-state index in [1.165, 1.54) is 39.3 Å². The van der Waals surface area contributed by atoms with Gasteiger partial charge in [0.25, 0.3) is 0 Å². The van der Waals surface area contributed by atoms with Gasteiger partial charge in [-0.25, -0.2) is 9.79 Å². The average molecular weight is 390 g/mol. The standard InChI is InChI=1S/C21H35N5O2/c1-4-19-8-6-7-14-26(19)15-13-23-20(22-5-2)24-16-17-9-11-18(12-10-17)25-21(27)28-3/h9-12,19H,4-8,13-16H2,1-3H3,(H,25,27)(H2,22,23,24). The fourth-order valence-corrected chi connectivity index (χ4v) is 3.51. The molecule has 1 unspecified atom stereocenters. The summed E-state index contributed by atoms with van der Waals surface area (Å²) in [4.78, 5) is 18.5. The number of carbonyl (C=O) groups excluding carboxylic acids is 1. The van der Waals surface area contributed by atoms with Crippen molar-refractivity contribution in [3.63, 3.8) is 0 Å². The van der Waals surface area contributed by atoms with Crippen molar-refractivity contribution in [3.8, 4) is 0 Å². The van der Waals surface area contributed by atoms with E-state index >= 15 is 0 Å². The number of likely N-dealkylation sites (tertiary alicyclic amines) is 1. The van der Waals surface area contributed by atoms with Gasteiger partial charge in [-0.1, -0.05) is 25.5 Å². The van der Waals surface area contributed by atoms with Gasteiger partial charge in [-0.15, -0.1) is 0 Å². The number of rotatable bonds is 8.